The molecule has 1 aromatic rings. The second-order valence-electron chi connectivity index (χ2n) is 3.89. The van der Waals surface area contributed by atoms with Gasteiger partial charge in [0, 0.05) is 0 Å². The van der Waals surface area contributed by atoms with Gasteiger partial charge in [-0.15, -0.1) is 0 Å². The number of rotatable bonds is 4. The number of thioether (sulfide) groups is 1. The van der Waals surface area contributed by atoms with Crippen molar-refractivity contribution in [3.05, 3.63) is 34.7 Å². The number of benzene rings is 1. The summed E-state index contributed by atoms with van der Waals surface area (Å²) in [7, 11) is 0. The van der Waals surface area contributed by atoms with Crippen LogP contribution in [0.15, 0.2) is 29.2 Å². The summed E-state index contributed by atoms with van der Waals surface area (Å²) in [5.74, 6) is -1.00. The van der Waals surface area contributed by atoms with Crippen molar-refractivity contribution in [3.63, 3.8) is 0 Å². The van der Waals surface area contributed by atoms with E-state index in [4.69, 9.17) is 0 Å². The summed E-state index contributed by atoms with van der Waals surface area (Å²) in [6.07, 6.45) is -7.16. The van der Waals surface area contributed by atoms with Crippen molar-refractivity contribution in [1.82, 2.24) is 5.32 Å². The van der Waals surface area contributed by atoms with E-state index >= 15 is 0 Å². The van der Waals surface area contributed by atoms with E-state index in [1.165, 1.54) is 18.2 Å². The third kappa shape index (κ3) is 3.75. The Labute approximate surface area is 120 Å². The Morgan fingerprint density at radius 1 is 1.19 bits per heavy atom. The van der Waals surface area contributed by atoms with Crippen LogP contribution in [0, 0.1) is 0 Å². The largest absolute Gasteiger partial charge is 0.461 e. The second-order valence-corrected chi connectivity index (χ2v) is 4.90. The lowest BCUT2D eigenvalue weighted by molar-refractivity contribution is -0.253. The van der Waals surface area contributed by atoms with Crippen LogP contribution in [0.4, 0.5) is 22.4 Å². The van der Waals surface area contributed by atoms with E-state index in [0.29, 0.717) is 17.3 Å². The van der Waals surface area contributed by atoms with Crippen LogP contribution >= 0.6 is 11.8 Å². The first-order valence-electron chi connectivity index (χ1n) is 5.48. The van der Waals surface area contributed by atoms with E-state index < -0.39 is 29.4 Å². The van der Waals surface area contributed by atoms with Gasteiger partial charge in [-0.3, -0.25) is 14.9 Å². The Hall–Kier alpha value is -2.03. The van der Waals surface area contributed by atoms with Crippen LogP contribution in [0.2, 0.25) is 0 Å². The monoisotopic (exact) mass is 321 g/mol. The summed E-state index contributed by atoms with van der Waals surface area (Å²) in [6, 6.07) is 4.70. The summed E-state index contributed by atoms with van der Waals surface area (Å²) in [4.78, 5) is 22.4. The maximum atomic E-state index is 12.7. The van der Waals surface area contributed by atoms with Crippen molar-refractivity contribution >= 4 is 29.0 Å². The van der Waals surface area contributed by atoms with Crippen LogP contribution < -0.4 is 10.1 Å². The smallest absolute Gasteiger partial charge is 0.428 e. The number of nitrogens with one attached hydrogen (secondary N) is 1. The topological polar surface area (TPSA) is 55.4 Å². The van der Waals surface area contributed by atoms with E-state index in [9.17, 15) is 27.2 Å². The van der Waals surface area contributed by atoms with Gasteiger partial charge in [0.25, 0.3) is 11.1 Å². The van der Waals surface area contributed by atoms with Crippen molar-refractivity contribution < 1.29 is 31.9 Å². The van der Waals surface area contributed by atoms with E-state index in [-0.39, 0.29) is 4.91 Å². The predicted octanol–water partition coefficient (Wildman–Crippen LogP) is 3.25. The van der Waals surface area contributed by atoms with Gasteiger partial charge in [-0.25, -0.2) is 0 Å². The normalized spacial score (nSPS) is 17.5. The zero-order valence-corrected chi connectivity index (χ0v) is 10.9. The minimum Gasteiger partial charge on any atom is -0.428 e. The van der Waals surface area contributed by atoms with Gasteiger partial charge in [-0.1, -0.05) is 12.1 Å². The molecule has 1 heterocycles. The number of hydrogen-bond donors (Lipinski definition) is 1. The molecule has 0 saturated carbocycles. The number of halogens is 4. The summed E-state index contributed by atoms with van der Waals surface area (Å²) in [5.41, 5.74) is 0.426. The van der Waals surface area contributed by atoms with E-state index in [1.807, 2.05) is 0 Å². The van der Waals surface area contributed by atoms with Crippen LogP contribution in [-0.2, 0) is 4.79 Å². The lowest BCUT2D eigenvalue weighted by Crippen LogP contribution is -2.33. The Kier molecular flexibility index (Phi) is 4.21. The molecule has 21 heavy (non-hydrogen) atoms. The van der Waals surface area contributed by atoms with Gasteiger partial charge in [-0.2, -0.15) is 17.6 Å². The summed E-state index contributed by atoms with van der Waals surface area (Å²) in [5, 5.41) is 1.54. The number of imide groups is 1. The number of carbonyl (C=O) groups is 2. The van der Waals surface area contributed by atoms with Crippen molar-refractivity contribution in [2.24, 2.45) is 0 Å². The fourth-order valence-electron chi connectivity index (χ4n) is 1.41. The first-order valence-corrected chi connectivity index (χ1v) is 6.29. The highest BCUT2D eigenvalue weighted by Crippen LogP contribution is 2.29. The van der Waals surface area contributed by atoms with E-state index in [0.717, 1.165) is 12.1 Å². The number of alkyl halides is 4. The fraction of sp³-hybridized carbons (Fsp3) is 0.167. The molecule has 1 aliphatic heterocycles. The summed E-state index contributed by atoms with van der Waals surface area (Å²) in [6.45, 7) is 0. The summed E-state index contributed by atoms with van der Waals surface area (Å²) < 4.78 is 53.2. The molecule has 9 heteroatoms. The van der Waals surface area contributed by atoms with Crippen molar-refractivity contribution in [1.29, 1.82) is 0 Å². The van der Waals surface area contributed by atoms with Crippen LogP contribution in [-0.4, -0.2) is 23.7 Å². The molecule has 1 aliphatic rings. The molecular weight excluding hydrogens is 314 g/mol. The lowest BCUT2D eigenvalue weighted by atomic mass is 10.2. The van der Waals surface area contributed by atoms with Crippen LogP contribution in [0.1, 0.15) is 5.56 Å². The molecule has 112 valence electrons. The minimum absolute atomic E-state index is 0.145. The van der Waals surface area contributed by atoms with Gasteiger partial charge in [0.05, 0.1) is 4.91 Å². The molecule has 1 fully saturated rings. The zero-order valence-electron chi connectivity index (χ0n) is 10.1. The Morgan fingerprint density at radius 2 is 1.81 bits per heavy atom. The van der Waals surface area contributed by atoms with Gasteiger partial charge in [0.2, 0.25) is 0 Å². The lowest BCUT2D eigenvalue weighted by Gasteiger charge is -2.16. The highest BCUT2D eigenvalue weighted by molar-refractivity contribution is 8.18. The first kappa shape index (κ1) is 15.4. The Balaban J connectivity index is 2.11. The van der Waals surface area contributed by atoms with E-state index in [2.05, 4.69) is 10.1 Å². The Morgan fingerprint density at radius 3 is 2.29 bits per heavy atom. The number of carbonyl (C=O) groups excluding carboxylic acids is 2. The highest BCUT2D eigenvalue weighted by Gasteiger charge is 2.43. The molecule has 1 N–H and O–H groups in total. The predicted molar refractivity (Wildman–Crippen MR) is 67.1 cm³/mol. The molecule has 2 rings (SSSR count). The van der Waals surface area contributed by atoms with Gasteiger partial charge in [0.15, 0.2) is 0 Å². The maximum absolute atomic E-state index is 12.7. The molecule has 0 atom stereocenters. The zero-order chi connectivity index (χ0) is 15.6. The molecule has 0 aliphatic carbocycles. The number of ether oxygens (including phenoxy) is 1. The summed E-state index contributed by atoms with van der Waals surface area (Å²) >= 11 is 0.698. The molecule has 2 amide bonds. The van der Waals surface area contributed by atoms with Gasteiger partial charge >= 0.3 is 12.5 Å². The quantitative estimate of drug-likeness (QED) is 0.683. The van der Waals surface area contributed by atoms with Crippen molar-refractivity contribution in [2.75, 3.05) is 0 Å². The molecule has 1 aromatic carbocycles. The fourth-order valence-corrected chi connectivity index (χ4v) is 2.09. The Bertz CT molecular complexity index is 601. The van der Waals surface area contributed by atoms with E-state index in [1.54, 1.807) is 0 Å². The second kappa shape index (κ2) is 5.76. The molecule has 0 radical (unpaired) electrons. The molecule has 4 nitrogen and oxygen atoms in total. The average Bonchev–Trinajstić information content (AvgIpc) is 2.70. The van der Waals surface area contributed by atoms with Gasteiger partial charge in [-0.05, 0) is 35.5 Å². The standard InChI is InChI=1S/C12H7F4NO3S/c13-10(14)12(15,16)20-7-3-1-6(2-4-7)5-8-9(18)17-11(19)21-8/h1-5,10H,(H,17,18,19)/b8-5-. The molecule has 0 unspecified atom stereocenters. The molecule has 0 aromatic heterocycles. The molecular formula is C12H7F4NO3S. The third-order valence-corrected chi connectivity index (χ3v) is 3.14. The van der Waals surface area contributed by atoms with Crippen LogP contribution in [0.3, 0.4) is 0 Å². The number of amides is 2. The average molecular weight is 321 g/mol. The first-order chi connectivity index (χ1) is 9.78. The van der Waals surface area contributed by atoms with Crippen LogP contribution in [0.25, 0.3) is 6.08 Å². The number of hydrogen-bond acceptors (Lipinski definition) is 4. The SMILES string of the molecule is O=C1NC(=O)/C(=C/c2ccc(OC(F)(F)C(F)F)cc2)S1. The van der Waals surface area contributed by atoms with Gasteiger partial charge in [0.1, 0.15) is 5.75 Å². The van der Waals surface area contributed by atoms with Crippen LogP contribution in [0.5, 0.6) is 5.75 Å². The minimum atomic E-state index is -4.58. The van der Waals surface area contributed by atoms with Gasteiger partial charge < -0.3 is 4.74 Å². The molecule has 1 saturated heterocycles. The maximum Gasteiger partial charge on any atom is 0.461 e. The highest BCUT2D eigenvalue weighted by atomic mass is 32.2. The molecule has 0 bridgehead atoms. The molecule has 0 spiro atoms. The third-order valence-electron chi connectivity index (χ3n) is 2.33. The van der Waals surface area contributed by atoms with Crippen molar-refractivity contribution in [3.8, 4) is 5.75 Å². The van der Waals surface area contributed by atoms with Crippen molar-refractivity contribution in [2.45, 2.75) is 12.5 Å².